The molecule has 3 aromatic rings. The second-order valence-electron chi connectivity index (χ2n) is 5.84. The first-order chi connectivity index (χ1) is 11.7. The molecule has 0 saturated heterocycles. The number of amides is 1. The Kier molecular flexibility index (Phi) is 3.81. The highest BCUT2D eigenvalue weighted by atomic mass is 32.1. The van der Waals surface area contributed by atoms with Crippen molar-refractivity contribution in [3.8, 4) is 0 Å². The first-order valence-corrected chi connectivity index (χ1v) is 8.50. The van der Waals surface area contributed by atoms with Gasteiger partial charge >= 0.3 is 0 Å². The number of carbonyl (C=O) groups is 1. The summed E-state index contributed by atoms with van der Waals surface area (Å²) in [5.74, 6) is 0.266. The van der Waals surface area contributed by atoms with Gasteiger partial charge in [-0.15, -0.1) is 0 Å². The molecule has 0 radical (unpaired) electrons. The van der Waals surface area contributed by atoms with E-state index < -0.39 is 0 Å². The van der Waals surface area contributed by atoms with Gasteiger partial charge in [-0.2, -0.15) is 8.75 Å². The molecule has 2 heterocycles. The molecule has 1 fully saturated rings. The van der Waals surface area contributed by atoms with Crippen LogP contribution in [0.2, 0.25) is 0 Å². The molecule has 0 aliphatic heterocycles. The van der Waals surface area contributed by atoms with E-state index in [1.807, 2.05) is 0 Å². The van der Waals surface area contributed by atoms with Crippen LogP contribution in [-0.2, 0) is 6.54 Å². The fraction of sp³-hybridized carbons (Fsp3) is 0.312. The van der Waals surface area contributed by atoms with Crippen LogP contribution >= 0.6 is 11.7 Å². The van der Waals surface area contributed by atoms with Gasteiger partial charge < -0.3 is 5.32 Å². The van der Waals surface area contributed by atoms with Gasteiger partial charge in [-0.3, -0.25) is 14.2 Å². The predicted molar refractivity (Wildman–Crippen MR) is 90.2 cm³/mol. The number of nitrogens with zero attached hydrogens (tertiary/aromatic N) is 4. The molecule has 1 saturated carbocycles. The highest BCUT2D eigenvalue weighted by molar-refractivity contribution is 7.00. The number of aromatic nitrogens is 4. The Morgan fingerprint density at radius 3 is 2.88 bits per heavy atom. The van der Waals surface area contributed by atoms with Crippen molar-refractivity contribution in [3.63, 3.8) is 0 Å². The SMILES string of the molecule is O=C(NCCn1cnc(C2CC2)cc1=O)c1ccc2nsnc2c1. The molecular formula is C16H15N5O2S. The number of nitrogens with one attached hydrogen (secondary N) is 1. The molecule has 2 aromatic heterocycles. The highest BCUT2D eigenvalue weighted by Gasteiger charge is 2.25. The van der Waals surface area contributed by atoms with Crippen molar-refractivity contribution in [2.45, 2.75) is 25.3 Å². The average Bonchev–Trinajstić information content (AvgIpc) is 3.33. The lowest BCUT2D eigenvalue weighted by atomic mass is 10.2. The van der Waals surface area contributed by atoms with E-state index in [-0.39, 0.29) is 11.5 Å². The Morgan fingerprint density at radius 1 is 1.25 bits per heavy atom. The Bertz CT molecular complexity index is 960. The first-order valence-electron chi connectivity index (χ1n) is 7.77. The van der Waals surface area contributed by atoms with E-state index in [9.17, 15) is 9.59 Å². The molecule has 1 amide bonds. The molecule has 0 bridgehead atoms. The third-order valence-corrected chi connectivity index (χ3v) is 4.61. The second-order valence-corrected chi connectivity index (χ2v) is 6.37. The molecule has 0 atom stereocenters. The summed E-state index contributed by atoms with van der Waals surface area (Å²) in [6.07, 6.45) is 3.80. The largest absolute Gasteiger partial charge is 0.350 e. The zero-order chi connectivity index (χ0) is 16.5. The molecule has 122 valence electrons. The molecule has 4 rings (SSSR count). The summed E-state index contributed by atoms with van der Waals surface area (Å²) >= 11 is 1.12. The monoisotopic (exact) mass is 341 g/mol. The zero-order valence-electron chi connectivity index (χ0n) is 12.8. The summed E-state index contributed by atoms with van der Waals surface area (Å²) in [6, 6.07) is 6.81. The van der Waals surface area contributed by atoms with Crippen LogP contribution in [0.15, 0.2) is 35.4 Å². The normalized spacial score (nSPS) is 14.0. The second kappa shape index (κ2) is 6.12. The fourth-order valence-electron chi connectivity index (χ4n) is 2.53. The van der Waals surface area contributed by atoms with Crippen molar-refractivity contribution < 1.29 is 4.79 Å². The van der Waals surface area contributed by atoms with E-state index in [1.165, 1.54) is 4.57 Å². The van der Waals surface area contributed by atoms with Crippen LogP contribution in [0.3, 0.4) is 0 Å². The summed E-state index contributed by atoms with van der Waals surface area (Å²) in [5, 5.41) is 2.81. The van der Waals surface area contributed by atoms with Gasteiger partial charge in [0.2, 0.25) is 0 Å². The Morgan fingerprint density at radius 2 is 2.08 bits per heavy atom. The molecule has 7 nitrogen and oxygen atoms in total. The van der Waals surface area contributed by atoms with Crippen molar-refractivity contribution in [1.29, 1.82) is 0 Å². The molecule has 1 aliphatic carbocycles. The van der Waals surface area contributed by atoms with Crippen molar-refractivity contribution >= 4 is 28.7 Å². The third kappa shape index (κ3) is 3.05. The molecule has 24 heavy (non-hydrogen) atoms. The van der Waals surface area contributed by atoms with Crippen LogP contribution in [0.1, 0.15) is 34.8 Å². The molecule has 1 aromatic carbocycles. The van der Waals surface area contributed by atoms with Gasteiger partial charge in [0.15, 0.2) is 0 Å². The number of hydrogen-bond acceptors (Lipinski definition) is 6. The average molecular weight is 341 g/mol. The van der Waals surface area contributed by atoms with E-state index in [0.29, 0.717) is 30.1 Å². The van der Waals surface area contributed by atoms with Crippen LogP contribution in [0.5, 0.6) is 0 Å². The van der Waals surface area contributed by atoms with Crippen LogP contribution in [0, 0.1) is 0 Å². The smallest absolute Gasteiger partial charge is 0.253 e. The van der Waals surface area contributed by atoms with Crippen LogP contribution in [0.4, 0.5) is 0 Å². The van der Waals surface area contributed by atoms with Gasteiger partial charge in [-0.05, 0) is 31.0 Å². The maximum absolute atomic E-state index is 12.2. The molecule has 0 unspecified atom stereocenters. The van der Waals surface area contributed by atoms with E-state index >= 15 is 0 Å². The molecular weight excluding hydrogens is 326 g/mol. The minimum atomic E-state index is -0.194. The number of carbonyl (C=O) groups excluding carboxylic acids is 1. The Hall–Kier alpha value is -2.61. The van der Waals surface area contributed by atoms with E-state index in [2.05, 4.69) is 19.0 Å². The van der Waals surface area contributed by atoms with E-state index in [0.717, 1.165) is 35.8 Å². The lowest BCUT2D eigenvalue weighted by Crippen LogP contribution is -2.31. The number of benzene rings is 1. The quantitative estimate of drug-likeness (QED) is 0.760. The summed E-state index contributed by atoms with van der Waals surface area (Å²) in [5.41, 5.74) is 2.83. The minimum Gasteiger partial charge on any atom is -0.350 e. The van der Waals surface area contributed by atoms with Gasteiger partial charge in [-0.25, -0.2) is 4.98 Å². The maximum Gasteiger partial charge on any atom is 0.253 e. The van der Waals surface area contributed by atoms with Crippen LogP contribution < -0.4 is 10.9 Å². The maximum atomic E-state index is 12.2. The fourth-order valence-corrected chi connectivity index (χ4v) is 3.04. The molecule has 1 N–H and O–H groups in total. The zero-order valence-corrected chi connectivity index (χ0v) is 13.6. The lowest BCUT2D eigenvalue weighted by molar-refractivity contribution is 0.0952. The summed E-state index contributed by atoms with van der Waals surface area (Å²) < 4.78 is 9.75. The Balaban J connectivity index is 1.38. The number of fused-ring (bicyclic) bond motifs is 1. The number of rotatable bonds is 5. The molecule has 1 aliphatic rings. The van der Waals surface area contributed by atoms with E-state index in [4.69, 9.17) is 0 Å². The van der Waals surface area contributed by atoms with Crippen LogP contribution in [0.25, 0.3) is 11.0 Å². The van der Waals surface area contributed by atoms with Gasteiger partial charge in [0.25, 0.3) is 11.5 Å². The summed E-state index contributed by atoms with van der Waals surface area (Å²) in [6.45, 7) is 0.750. The highest BCUT2D eigenvalue weighted by Crippen LogP contribution is 2.38. The topological polar surface area (TPSA) is 89.8 Å². The van der Waals surface area contributed by atoms with Gasteiger partial charge in [0.05, 0.1) is 23.7 Å². The van der Waals surface area contributed by atoms with Crippen LogP contribution in [-0.4, -0.2) is 30.8 Å². The van der Waals surface area contributed by atoms with Crippen molar-refractivity contribution in [2.75, 3.05) is 6.54 Å². The first kappa shape index (κ1) is 14.9. The standard InChI is InChI=1S/C16H15N5O2S/c22-15-8-13(10-1-2-10)18-9-21(15)6-5-17-16(23)11-3-4-12-14(7-11)20-24-19-12/h3-4,7-10H,1-2,5-6H2,(H,17,23). The van der Waals surface area contributed by atoms with Crippen molar-refractivity contribution in [1.82, 2.24) is 23.6 Å². The van der Waals surface area contributed by atoms with Crippen molar-refractivity contribution in [2.24, 2.45) is 0 Å². The van der Waals surface area contributed by atoms with Gasteiger partial charge in [0, 0.05) is 30.6 Å². The van der Waals surface area contributed by atoms with Gasteiger partial charge in [0.1, 0.15) is 11.0 Å². The molecule has 8 heteroatoms. The summed E-state index contributed by atoms with van der Waals surface area (Å²) in [4.78, 5) is 28.5. The molecule has 0 spiro atoms. The summed E-state index contributed by atoms with van der Waals surface area (Å²) in [7, 11) is 0. The van der Waals surface area contributed by atoms with Crippen molar-refractivity contribution in [3.05, 3.63) is 52.2 Å². The third-order valence-electron chi connectivity index (χ3n) is 4.05. The minimum absolute atomic E-state index is 0.0730. The predicted octanol–water partition coefficient (Wildman–Crippen LogP) is 1.56. The number of hydrogen-bond donors (Lipinski definition) is 1. The Labute approximate surface area is 141 Å². The lowest BCUT2D eigenvalue weighted by Gasteiger charge is -2.08. The van der Waals surface area contributed by atoms with Gasteiger partial charge in [-0.1, -0.05) is 0 Å². The van der Waals surface area contributed by atoms with E-state index in [1.54, 1.807) is 30.6 Å².